The van der Waals surface area contributed by atoms with Crippen molar-refractivity contribution in [2.75, 3.05) is 5.73 Å². The molecular weight excluding hydrogens is 457 g/mol. The number of nitrogen functional groups attached to an aromatic ring is 1. The minimum Gasteiger partial charge on any atom is -0.462 e. The van der Waals surface area contributed by atoms with Gasteiger partial charge in [-0.05, 0) is 48.3 Å². The molecule has 2 fully saturated rings. The van der Waals surface area contributed by atoms with Crippen LogP contribution < -0.4 is 11.4 Å². The Morgan fingerprint density at radius 1 is 1.35 bits per heavy atom. The first-order valence-electron chi connectivity index (χ1n) is 8.62. The predicted octanol–water partition coefficient (Wildman–Crippen LogP) is 0.315. The molecule has 4 N–H and O–H groups in total. The summed E-state index contributed by atoms with van der Waals surface area (Å²) in [5, 5.41) is 20.5. The number of nitrogens with two attached hydrogens (primary N) is 1. The topological polar surface area (TPSA) is 137 Å². The number of hydrogen-bond donors (Lipinski definition) is 3. The zero-order valence-corrected chi connectivity index (χ0v) is 16.2. The third-order valence-electron chi connectivity index (χ3n) is 4.76. The van der Waals surface area contributed by atoms with E-state index in [-0.39, 0.29) is 18.3 Å². The molecule has 1 aliphatic heterocycles. The lowest BCUT2D eigenvalue weighted by molar-refractivity contribution is -0.155. The number of ether oxygens (including phenoxy) is 2. The molecule has 1 saturated heterocycles. The van der Waals surface area contributed by atoms with Gasteiger partial charge >= 0.3 is 11.7 Å². The molecule has 1 aromatic rings. The van der Waals surface area contributed by atoms with Gasteiger partial charge in [-0.1, -0.05) is 6.42 Å². The van der Waals surface area contributed by atoms with Gasteiger partial charge in [0.05, 0.1) is 16.1 Å². The van der Waals surface area contributed by atoms with E-state index in [2.05, 4.69) is 4.98 Å². The van der Waals surface area contributed by atoms with E-state index in [1.54, 1.807) is 0 Å². The Morgan fingerprint density at radius 3 is 2.73 bits per heavy atom. The number of anilines is 1. The molecule has 0 aromatic carbocycles. The monoisotopic (exact) mass is 479 g/mol. The van der Waals surface area contributed by atoms with Crippen molar-refractivity contribution >= 4 is 34.4 Å². The summed E-state index contributed by atoms with van der Waals surface area (Å²) >= 11 is 1.90. The first-order valence-corrected chi connectivity index (χ1v) is 9.70. The molecule has 0 unspecified atom stereocenters. The molecule has 9 nitrogen and oxygen atoms in total. The van der Waals surface area contributed by atoms with Crippen LogP contribution in [0.1, 0.15) is 44.8 Å². The van der Waals surface area contributed by atoms with Crippen molar-refractivity contribution in [3.63, 3.8) is 0 Å². The maximum absolute atomic E-state index is 12.1. The lowest BCUT2D eigenvalue weighted by atomic mass is 9.98. The average molecular weight is 479 g/mol. The van der Waals surface area contributed by atoms with E-state index < -0.39 is 36.2 Å². The Balaban J connectivity index is 1.66. The molecule has 0 amide bonds. The second-order valence-corrected chi connectivity index (χ2v) is 7.83. The number of nitrogens with zero attached hydrogens (tertiary/aromatic N) is 2. The molecule has 10 heteroatoms. The molecule has 2 heterocycles. The van der Waals surface area contributed by atoms with Crippen LogP contribution in [-0.4, -0.2) is 50.1 Å². The second kappa shape index (κ2) is 8.19. The largest absolute Gasteiger partial charge is 0.462 e. The zero-order chi connectivity index (χ0) is 18.8. The van der Waals surface area contributed by atoms with Crippen molar-refractivity contribution in [3.8, 4) is 0 Å². The molecule has 0 radical (unpaired) electrons. The number of aliphatic hydroxyl groups is 2. The fraction of sp³-hybridized carbons (Fsp3) is 0.688. The molecule has 3 rings (SSSR count). The van der Waals surface area contributed by atoms with Gasteiger partial charge in [-0.3, -0.25) is 9.36 Å². The van der Waals surface area contributed by atoms with Gasteiger partial charge in [0.2, 0.25) is 0 Å². The van der Waals surface area contributed by atoms with E-state index in [1.807, 2.05) is 22.6 Å². The minimum absolute atomic E-state index is 0.0764. The van der Waals surface area contributed by atoms with E-state index in [1.165, 1.54) is 6.20 Å². The van der Waals surface area contributed by atoms with Crippen LogP contribution in [0.4, 0.5) is 5.82 Å². The van der Waals surface area contributed by atoms with Crippen LogP contribution in [-0.2, 0) is 14.3 Å². The van der Waals surface area contributed by atoms with E-state index in [4.69, 9.17) is 15.2 Å². The van der Waals surface area contributed by atoms with E-state index in [0.29, 0.717) is 3.57 Å². The highest BCUT2D eigenvalue weighted by atomic mass is 127. The maximum Gasteiger partial charge on any atom is 0.351 e. The number of esters is 1. The molecule has 0 bridgehead atoms. The van der Waals surface area contributed by atoms with E-state index in [9.17, 15) is 19.8 Å². The molecule has 1 saturated carbocycles. The standard InChI is InChI=1S/C16H22IN3O6/c17-9-7-20(16(24)19-14(9)18)15-13(23)12(22)10(26-15)6-11(21)25-8-4-2-1-3-5-8/h7-8,10,12-13,15,22-23H,1-6H2,(H2,18,19,24)/t10-,12-,13-,15-/m1/s1. The molecule has 1 aromatic heterocycles. The first-order chi connectivity index (χ1) is 12.4. The number of carbonyl (C=O) groups is 1. The van der Waals surface area contributed by atoms with Gasteiger partial charge in [0.1, 0.15) is 24.1 Å². The number of aromatic nitrogens is 2. The van der Waals surface area contributed by atoms with Gasteiger partial charge in [-0.2, -0.15) is 4.98 Å². The van der Waals surface area contributed by atoms with Crippen molar-refractivity contribution in [2.24, 2.45) is 0 Å². The van der Waals surface area contributed by atoms with Gasteiger partial charge in [-0.15, -0.1) is 0 Å². The van der Waals surface area contributed by atoms with Crippen LogP contribution in [0.3, 0.4) is 0 Å². The minimum atomic E-state index is -1.37. The van der Waals surface area contributed by atoms with Gasteiger partial charge in [0.25, 0.3) is 0 Å². The van der Waals surface area contributed by atoms with Gasteiger partial charge in [0.15, 0.2) is 6.23 Å². The summed E-state index contributed by atoms with van der Waals surface area (Å²) in [7, 11) is 0. The second-order valence-electron chi connectivity index (χ2n) is 6.66. The highest BCUT2D eigenvalue weighted by molar-refractivity contribution is 14.1. The predicted molar refractivity (Wildman–Crippen MR) is 99.1 cm³/mol. The van der Waals surface area contributed by atoms with Crippen LogP contribution in [0.5, 0.6) is 0 Å². The third kappa shape index (κ3) is 4.18. The number of hydrogen-bond acceptors (Lipinski definition) is 8. The third-order valence-corrected chi connectivity index (χ3v) is 5.59. The fourth-order valence-electron chi connectivity index (χ4n) is 3.35. The Labute approximate surface area is 163 Å². The van der Waals surface area contributed by atoms with E-state index >= 15 is 0 Å². The quantitative estimate of drug-likeness (QED) is 0.415. The summed E-state index contributed by atoms with van der Waals surface area (Å²) in [6.07, 6.45) is 1.21. The van der Waals surface area contributed by atoms with Gasteiger partial charge in [-0.25, -0.2) is 4.79 Å². The molecule has 2 aliphatic rings. The van der Waals surface area contributed by atoms with Gasteiger partial charge in [0, 0.05) is 6.20 Å². The van der Waals surface area contributed by atoms with Crippen LogP contribution >= 0.6 is 22.6 Å². The smallest absolute Gasteiger partial charge is 0.351 e. The highest BCUT2D eigenvalue weighted by Gasteiger charge is 2.45. The van der Waals surface area contributed by atoms with Crippen molar-refractivity contribution in [1.82, 2.24) is 9.55 Å². The highest BCUT2D eigenvalue weighted by Crippen LogP contribution is 2.31. The lowest BCUT2D eigenvalue weighted by Crippen LogP contribution is -2.36. The summed E-state index contributed by atoms with van der Waals surface area (Å²) in [4.78, 5) is 27.8. The van der Waals surface area contributed by atoms with Crippen LogP contribution in [0.15, 0.2) is 11.0 Å². The average Bonchev–Trinajstić information content (AvgIpc) is 2.87. The number of halogens is 1. The van der Waals surface area contributed by atoms with Crippen molar-refractivity contribution in [2.45, 2.75) is 69.2 Å². The molecule has 26 heavy (non-hydrogen) atoms. The molecule has 4 atom stereocenters. The Kier molecular flexibility index (Phi) is 6.15. The zero-order valence-electron chi connectivity index (χ0n) is 14.1. The number of aliphatic hydroxyl groups excluding tert-OH is 2. The molecule has 144 valence electrons. The summed E-state index contributed by atoms with van der Waals surface area (Å²) in [5.41, 5.74) is 4.88. The fourth-order valence-corrected chi connectivity index (χ4v) is 3.77. The SMILES string of the molecule is Nc1nc(=O)n([C@@H]2O[C@H](CC(=O)OC3CCCCC3)[C@@H](O)[C@H]2O)cc1I. The molecule has 1 aliphatic carbocycles. The summed E-state index contributed by atoms with van der Waals surface area (Å²) in [5.74, 6) is -0.404. The van der Waals surface area contributed by atoms with E-state index in [0.717, 1.165) is 36.7 Å². The lowest BCUT2D eigenvalue weighted by Gasteiger charge is -2.23. The maximum atomic E-state index is 12.1. The van der Waals surface area contributed by atoms with Crippen LogP contribution in [0.2, 0.25) is 0 Å². The van der Waals surface area contributed by atoms with Crippen LogP contribution in [0, 0.1) is 3.57 Å². The summed E-state index contributed by atoms with van der Waals surface area (Å²) in [6.45, 7) is 0. The Bertz CT molecular complexity index is 720. The molecular formula is C16H22IN3O6. The number of rotatable bonds is 4. The van der Waals surface area contributed by atoms with Gasteiger partial charge < -0.3 is 25.4 Å². The summed E-state index contributed by atoms with van der Waals surface area (Å²) in [6, 6.07) is 0. The molecule has 0 spiro atoms. The number of carbonyl (C=O) groups excluding carboxylic acids is 1. The normalized spacial score (nSPS) is 29.7. The van der Waals surface area contributed by atoms with Crippen molar-refractivity contribution in [1.29, 1.82) is 0 Å². The van der Waals surface area contributed by atoms with Crippen molar-refractivity contribution < 1.29 is 24.5 Å². The first kappa shape index (κ1) is 19.5. The van der Waals surface area contributed by atoms with Crippen molar-refractivity contribution in [3.05, 3.63) is 20.3 Å². The Hall–Kier alpha value is -1.24. The Morgan fingerprint density at radius 2 is 2.04 bits per heavy atom. The summed E-state index contributed by atoms with van der Waals surface area (Å²) < 4.78 is 12.6. The van der Waals surface area contributed by atoms with Crippen LogP contribution in [0.25, 0.3) is 0 Å².